The predicted molar refractivity (Wildman–Crippen MR) is 91.4 cm³/mol. The van der Waals surface area contributed by atoms with Crippen molar-refractivity contribution in [3.63, 3.8) is 0 Å². The molecule has 1 unspecified atom stereocenters. The number of carbonyl (C=O) groups is 1. The average Bonchev–Trinajstić information content (AvgIpc) is 2.61. The fourth-order valence-electron chi connectivity index (χ4n) is 2.83. The Morgan fingerprint density at radius 2 is 2.22 bits per heavy atom. The van der Waals surface area contributed by atoms with Crippen molar-refractivity contribution in [1.29, 1.82) is 0 Å². The van der Waals surface area contributed by atoms with Gasteiger partial charge in [0.15, 0.2) is 11.5 Å². The number of methoxy groups -OCH3 is 1. The molecule has 0 spiro atoms. The highest BCUT2D eigenvalue weighted by Crippen LogP contribution is 2.29. The second-order valence-electron chi connectivity index (χ2n) is 5.95. The van der Waals surface area contributed by atoms with E-state index in [0.717, 1.165) is 38.8 Å². The van der Waals surface area contributed by atoms with E-state index in [1.165, 1.54) is 0 Å². The lowest BCUT2D eigenvalue weighted by Gasteiger charge is -2.32. The smallest absolute Gasteiger partial charge is 0.254 e. The lowest BCUT2D eigenvalue weighted by Crippen LogP contribution is -2.46. The molecule has 0 bridgehead atoms. The summed E-state index contributed by atoms with van der Waals surface area (Å²) >= 11 is 0. The van der Waals surface area contributed by atoms with Crippen LogP contribution >= 0.6 is 0 Å². The van der Waals surface area contributed by atoms with E-state index in [2.05, 4.69) is 12.2 Å². The minimum Gasteiger partial charge on any atom is -0.493 e. The summed E-state index contributed by atoms with van der Waals surface area (Å²) in [6, 6.07) is 5.83. The Labute approximate surface area is 139 Å². The van der Waals surface area contributed by atoms with Crippen molar-refractivity contribution in [1.82, 2.24) is 10.2 Å². The highest BCUT2D eigenvalue weighted by Gasteiger charge is 2.24. The number of amides is 1. The van der Waals surface area contributed by atoms with Crippen LogP contribution in [0.5, 0.6) is 11.5 Å². The monoisotopic (exact) mass is 320 g/mol. The molecule has 0 radical (unpaired) electrons. The van der Waals surface area contributed by atoms with Crippen molar-refractivity contribution >= 4 is 5.91 Å². The molecule has 5 nitrogen and oxygen atoms in total. The van der Waals surface area contributed by atoms with Gasteiger partial charge in [-0.15, -0.1) is 0 Å². The summed E-state index contributed by atoms with van der Waals surface area (Å²) in [6.07, 6.45) is 4.24. The van der Waals surface area contributed by atoms with Crippen LogP contribution in [0.15, 0.2) is 18.2 Å². The van der Waals surface area contributed by atoms with Gasteiger partial charge in [-0.3, -0.25) is 4.79 Å². The third-order valence-corrected chi connectivity index (χ3v) is 4.28. The molecule has 1 saturated heterocycles. The summed E-state index contributed by atoms with van der Waals surface area (Å²) in [6.45, 7) is 4.36. The minimum absolute atomic E-state index is 0.0587. The molecule has 0 aromatic heterocycles. The van der Waals surface area contributed by atoms with E-state index < -0.39 is 0 Å². The first-order valence-corrected chi connectivity index (χ1v) is 8.47. The number of piperidine rings is 1. The molecule has 1 aliphatic heterocycles. The van der Waals surface area contributed by atoms with Gasteiger partial charge in [-0.25, -0.2) is 0 Å². The molecule has 1 heterocycles. The van der Waals surface area contributed by atoms with Crippen LogP contribution in [-0.4, -0.2) is 50.7 Å². The Morgan fingerprint density at radius 1 is 1.39 bits per heavy atom. The number of benzene rings is 1. The Hall–Kier alpha value is -1.75. The zero-order valence-electron chi connectivity index (χ0n) is 14.4. The van der Waals surface area contributed by atoms with Crippen molar-refractivity contribution in [2.75, 3.05) is 33.9 Å². The first-order chi connectivity index (χ1) is 11.2. The maximum atomic E-state index is 12.7. The SMILES string of the molecule is CCCCOc1ccc(C(=O)N2CCCC(NC)C2)cc1OC. The second-order valence-corrected chi connectivity index (χ2v) is 5.95. The van der Waals surface area contributed by atoms with Crippen LogP contribution in [0.3, 0.4) is 0 Å². The van der Waals surface area contributed by atoms with E-state index in [0.29, 0.717) is 29.7 Å². The van der Waals surface area contributed by atoms with E-state index >= 15 is 0 Å². The third-order valence-electron chi connectivity index (χ3n) is 4.28. The van der Waals surface area contributed by atoms with Crippen LogP contribution in [-0.2, 0) is 0 Å². The Morgan fingerprint density at radius 3 is 2.91 bits per heavy atom. The molecule has 1 N–H and O–H groups in total. The maximum Gasteiger partial charge on any atom is 0.254 e. The van der Waals surface area contributed by atoms with Gasteiger partial charge in [-0.1, -0.05) is 13.3 Å². The van der Waals surface area contributed by atoms with Gasteiger partial charge in [0.2, 0.25) is 0 Å². The van der Waals surface area contributed by atoms with Crippen molar-refractivity contribution < 1.29 is 14.3 Å². The van der Waals surface area contributed by atoms with E-state index in [1.54, 1.807) is 13.2 Å². The van der Waals surface area contributed by atoms with Gasteiger partial charge >= 0.3 is 0 Å². The zero-order chi connectivity index (χ0) is 16.7. The van der Waals surface area contributed by atoms with Crippen molar-refractivity contribution in [2.45, 2.75) is 38.6 Å². The number of likely N-dealkylation sites (tertiary alicyclic amines) is 1. The van der Waals surface area contributed by atoms with Crippen LogP contribution in [0.25, 0.3) is 0 Å². The number of ether oxygens (including phenoxy) is 2. The molecule has 1 atom stereocenters. The van der Waals surface area contributed by atoms with Crippen LogP contribution in [0.1, 0.15) is 43.0 Å². The largest absolute Gasteiger partial charge is 0.493 e. The molecule has 1 aromatic carbocycles. The molecule has 5 heteroatoms. The van der Waals surface area contributed by atoms with Gasteiger partial charge < -0.3 is 19.7 Å². The first-order valence-electron chi connectivity index (χ1n) is 8.47. The number of hydrogen-bond acceptors (Lipinski definition) is 4. The molecule has 128 valence electrons. The van der Waals surface area contributed by atoms with Gasteiger partial charge in [0.1, 0.15) is 0 Å². The minimum atomic E-state index is 0.0587. The Bertz CT molecular complexity index is 519. The van der Waals surface area contributed by atoms with Gasteiger partial charge in [0.05, 0.1) is 13.7 Å². The van der Waals surface area contributed by atoms with Crippen LogP contribution in [0.4, 0.5) is 0 Å². The molecule has 0 saturated carbocycles. The standard InChI is InChI=1S/C18H28N2O3/c1-4-5-11-23-16-9-8-14(12-17(16)22-3)18(21)20-10-6-7-15(13-20)19-2/h8-9,12,15,19H,4-7,10-11,13H2,1-3H3. The normalized spacial score (nSPS) is 17.9. The maximum absolute atomic E-state index is 12.7. The average molecular weight is 320 g/mol. The first kappa shape index (κ1) is 17.6. The highest BCUT2D eigenvalue weighted by atomic mass is 16.5. The number of nitrogens with one attached hydrogen (secondary N) is 1. The topological polar surface area (TPSA) is 50.8 Å². The third kappa shape index (κ3) is 4.61. The Balaban J connectivity index is 2.08. The number of unbranched alkanes of at least 4 members (excludes halogenated alkanes) is 1. The van der Waals surface area contributed by atoms with Crippen molar-refractivity contribution in [2.24, 2.45) is 0 Å². The van der Waals surface area contributed by atoms with Crippen molar-refractivity contribution in [3.8, 4) is 11.5 Å². The van der Waals surface area contributed by atoms with Gasteiger partial charge in [-0.2, -0.15) is 0 Å². The number of carbonyl (C=O) groups excluding carboxylic acids is 1. The summed E-state index contributed by atoms with van der Waals surface area (Å²) in [4.78, 5) is 14.6. The summed E-state index contributed by atoms with van der Waals surface area (Å²) in [5.41, 5.74) is 0.654. The number of hydrogen-bond donors (Lipinski definition) is 1. The summed E-state index contributed by atoms with van der Waals surface area (Å²) in [5.74, 6) is 1.38. The predicted octanol–water partition coefficient (Wildman–Crippen LogP) is 2.70. The molecule has 1 fully saturated rings. The molecule has 23 heavy (non-hydrogen) atoms. The second kappa shape index (κ2) is 8.77. The summed E-state index contributed by atoms with van der Waals surface area (Å²) in [7, 11) is 3.55. The van der Waals surface area contributed by atoms with Crippen LogP contribution in [0.2, 0.25) is 0 Å². The fourth-order valence-corrected chi connectivity index (χ4v) is 2.83. The number of nitrogens with zero attached hydrogens (tertiary/aromatic N) is 1. The molecule has 2 rings (SSSR count). The van der Waals surface area contributed by atoms with E-state index in [1.807, 2.05) is 24.1 Å². The lowest BCUT2D eigenvalue weighted by atomic mass is 10.0. The van der Waals surface area contributed by atoms with Crippen molar-refractivity contribution in [3.05, 3.63) is 23.8 Å². The van der Waals surface area contributed by atoms with Gasteiger partial charge in [-0.05, 0) is 44.5 Å². The zero-order valence-corrected chi connectivity index (χ0v) is 14.4. The van der Waals surface area contributed by atoms with E-state index in [-0.39, 0.29) is 5.91 Å². The fraction of sp³-hybridized carbons (Fsp3) is 0.611. The number of likely N-dealkylation sites (N-methyl/N-ethyl adjacent to an activating group) is 1. The molecular weight excluding hydrogens is 292 g/mol. The molecular formula is C18H28N2O3. The van der Waals surface area contributed by atoms with Gasteiger partial charge in [0, 0.05) is 24.7 Å². The highest BCUT2D eigenvalue weighted by molar-refractivity contribution is 5.95. The Kier molecular flexibility index (Phi) is 6.71. The quantitative estimate of drug-likeness (QED) is 0.785. The van der Waals surface area contributed by atoms with E-state index in [9.17, 15) is 4.79 Å². The summed E-state index contributed by atoms with van der Waals surface area (Å²) < 4.78 is 11.1. The van der Waals surface area contributed by atoms with Crippen LogP contribution < -0.4 is 14.8 Å². The summed E-state index contributed by atoms with van der Waals surface area (Å²) in [5, 5.41) is 3.26. The van der Waals surface area contributed by atoms with Crippen LogP contribution in [0, 0.1) is 0 Å². The lowest BCUT2D eigenvalue weighted by molar-refractivity contribution is 0.0697. The van der Waals surface area contributed by atoms with Gasteiger partial charge in [0.25, 0.3) is 5.91 Å². The number of rotatable bonds is 7. The van der Waals surface area contributed by atoms with E-state index in [4.69, 9.17) is 9.47 Å². The molecule has 1 aliphatic rings. The molecule has 1 amide bonds. The molecule has 0 aliphatic carbocycles. The molecule has 1 aromatic rings.